The predicted octanol–water partition coefficient (Wildman–Crippen LogP) is 0.813. The second-order valence-electron chi connectivity index (χ2n) is 7.39. The first kappa shape index (κ1) is 20.5. The highest BCUT2D eigenvalue weighted by molar-refractivity contribution is 7.90. The number of hydrogen-bond donors (Lipinski definition) is 1. The van der Waals surface area contributed by atoms with E-state index in [4.69, 9.17) is 10.7 Å². The van der Waals surface area contributed by atoms with Gasteiger partial charge < -0.3 is 15.5 Å². The van der Waals surface area contributed by atoms with Gasteiger partial charge in [0.05, 0.1) is 16.8 Å². The molecule has 2 aromatic rings. The number of aromatic nitrogens is 2. The van der Waals surface area contributed by atoms with Gasteiger partial charge in [-0.3, -0.25) is 4.90 Å². The Balaban J connectivity index is 1.74. The Hall–Kier alpha value is -2.23. The van der Waals surface area contributed by atoms with E-state index in [-0.39, 0.29) is 4.90 Å². The molecule has 2 N–H and O–H groups in total. The molecule has 0 atom stereocenters. The summed E-state index contributed by atoms with van der Waals surface area (Å²) in [4.78, 5) is 16.1. The highest BCUT2D eigenvalue weighted by Crippen LogP contribution is 2.25. The van der Waals surface area contributed by atoms with Gasteiger partial charge in [-0.15, -0.1) is 0 Å². The third-order valence-corrected chi connectivity index (χ3v) is 6.02. The first-order chi connectivity index (χ1) is 13.2. The van der Waals surface area contributed by atoms with Gasteiger partial charge in [-0.05, 0) is 26.2 Å². The van der Waals surface area contributed by atoms with E-state index in [9.17, 15) is 8.42 Å². The zero-order valence-electron chi connectivity index (χ0n) is 16.7. The molecule has 28 heavy (non-hydrogen) atoms. The van der Waals surface area contributed by atoms with Crippen LogP contribution < -0.4 is 10.6 Å². The third-order valence-electron chi connectivity index (χ3n) is 4.89. The number of likely N-dealkylation sites (N-methyl/N-ethyl adjacent to an activating group) is 1. The van der Waals surface area contributed by atoms with Crippen molar-refractivity contribution in [2.45, 2.75) is 4.90 Å². The van der Waals surface area contributed by atoms with E-state index < -0.39 is 9.84 Å². The molecule has 1 saturated heterocycles. The van der Waals surface area contributed by atoms with Gasteiger partial charge in [0.1, 0.15) is 0 Å². The van der Waals surface area contributed by atoms with E-state index in [2.05, 4.69) is 33.8 Å². The minimum absolute atomic E-state index is 0.286. The number of anilines is 2. The van der Waals surface area contributed by atoms with Crippen LogP contribution >= 0.6 is 0 Å². The molecule has 0 unspecified atom stereocenters. The van der Waals surface area contributed by atoms with Crippen molar-refractivity contribution in [2.24, 2.45) is 0 Å². The Morgan fingerprint density at radius 3 is 2.32 bits per heavy atom. The summed E-state index contributed by atoms with van der Waals surface area (Å²) in [6.45, 7) is 5.71. The molecule has 1 aromatic heterocycles. The van der Waals surface area contributed by atoms with E-state index in [1.165, 1.54) is 6.26 Å². The van der Waals surface area contributed by atoms with E-state index in [1.54, 1.807) is 30.5 Å². The van der Waals surface area contributed by atoms with Gasteiger partial charge in [-0.25, -0.2) is 18.4 Å². The van der Waals surface area contributed by atoms with Crippen LogP contribution in [0.1, 0.15) is 0 Å². The van der Waals surface area contributed by atoms with Crippen molar-refractivity contribution in [1.29, 1.82) is 0 Å². The zero-order valence-corrected chi connectivity index (χ0v) is 17.5. The summed E-state index contributed by atoms with van der Waals surface area (Å²) in [5, 5.41) is 0. The van der Waals surface area contributed by atoms with Gasteiger partial charge in [0.15, 0.2) is 21.5 Å². The maximum absolute atomic E-state index is 11.6. The monoisotopic (exact) mass is 404 g/mol. The van der Waals surface area contributed by atoms with Gasteiger partial charge in [-0.2, -0.15) is 0 Å². The first-order valence-corrected chi connectivity index (χ1v) is 11.2. The largest absolute Gasteiger partial charge is 0.381 e. The molecule has 0 radical (unpaired) electrons. The molecular formula is C19H28N6O2S. The average molecular weight is 405 g/mol. The number of piperazine rings is 1. The number of nitrogen functional groups attached to an aromatic ring is 1. The lowest BCUT2D eigenvalue weighted by Crippen LogP contribution is -2.48. The number of rotatable bonds is 6. The lowest BCUT2D eigenvalue weighted by Gasteiger charge is -2.36. The van der Waals surface area contributed by atoms with E-state index in [1.807, 2.05) is 0 Å². The third kappa shape index (κ3) is 4.98. The van der Waals surface area contributed by atoms with Crippen molar-refractivity contribution in [3.63, 3.8) is 0 Å². The van der Waals surface area contributed by atoms with Gasteiger partial charge in [0.2, 0.25) is 0 Å². The minimum atomic E-state index is -3.22. The second kappa shape index (κ2) is 8.42. The normalized spacial score (nSPS) is 15.9. The van der Waals surface area contributed by atoms with Gasteiger partial charge in [-0.1, -0.05) is 12.1 Å². The number of sulfone groups is 1. The van der Waals surface area contributed by atoms with Crippen LogP contribution in [0.2, 0.25) is 0 Å². The molecule has 8 nitrogen and oxygen atoms in total. The van der Waals surface area contributed by atoms with E-state index >= 15 is 0 Å². The summed E-state index contributed by atoms with van der Waals surface area (Å²) in [5.74, 6) is 1.11. The SMILES string of the molecule is CN(C)CCN1CCN(c2nc(-c3ccc(S(C)(=O)=O)cc3)cnc2N)CC1. The van der Waals surface area contributed by atoms with Crippen molar-refractivity contribution in [3.8, 4) is 11.3 Å². The quantitative estimate of drug-likeness (QED) is 0.756. The van der Waals surface area contributed by atoms with Gasteiger partial charge in [0, 0.05) is 51.1 Å². The molecule has 0 aliphatic carbocycles. The summed E-state index contributed by atoms with van der Waals surface area (Å²) in [5.41, 5.74) is 7.59. The predicted molar refractivity (Wildman–Crippen MR) is 112 cm³/mol. The fraction of sp³-hybridized carbons (Fsp3) is 0.474. The standard InChI is InChI=1S/C19H28N6O2S/c1-23(2)8-9-24-10-12-25(13-11-24)19-18(20)21-14-17(22-19)15-4-6-16(7-5-15)28(3,26)27/h4-7,14H,8-13H2,1-3H3,(H2,20,21). The fourth-order valence-electron chi connectivity index (χ4n) is 3.16. The lowest BCUT2D eigenvalue weighted by atomic mass is 10.1. The number of nitrogens with zero attached hydrogens (tertiary/aromatic N) is 5. The summed E-state index contributed by atoms with van der Waals surface area (Å²) in [7, 11) is 0.946. The van der Waals surface area contributed by atoms with Crippen LogP contribution in [0, 0.1) is 0 Å². The summed E-state index contributed by atoms with van der Waals surface area (Å²) in [6.07, 6.45) is 2.82. The number of nitrogens with two attached hydrogens (primary N) is 1. The second-order valence-corrected chi connectivity index (χ2v) is 9.41. The van der Waals surface area contributed by atoms with Crippen molar-refractivity contribution in [2.75, 3.05) is 70.3 Å². The molecule has 0 saturated carbocycles. The minimum Gasteiger partial charge on any atom is -0.381 e. The zero-order chi connectivity index (χ0) is 20.3. The van der Waals surface area contributed by atoms with Crippen molar-refractivity contribution in [3.05, 3.63) is 30.5 Å². The Morgan fingerprint density at radius 2 is 1.75 bits per heavy atom. The van der Waals surface area contributed by atoms with Crippen LogP contribution in [-0.4, -0.2) is 87.8 Å². The van der Waals surface area contributed by atoms with E-state index in [0.29, 0.717) is 17.3 Å². The van der Waals surface area contributed by atoms with Crippen LogP contribution in [0.25, 0.3) is 11.3 Å². The average Bonchev–Trinajstić information content (AvgIpc) is 2.67. The molecule has 9 heteroatoms. The summed E-state index contributed by atoms with van der Waals surface area (Å²) in [6, 6.07) is 6.68. The first-order valence-electron chi connectivity index (χ1n) is 9.29. The number of hydrogen-bond acceptors (Lipinski definition) is 8. The molecular weight excluding hydrogens is 376 g/mol. The Morgan fingerprint density at radius 1 is 1.11 bits per heavy atom. The van der Waals surface area contributed by atoms with Crippen LogP contribution in [0.4, 0.5) is 11.6 Å². The molecule has 1 aliphatic heterocycles. The van der Waals surface area contributed by atoms with Crippen LogP contribution in [0.3, 0.4) is 0 Å². The summed E-state index contributed by atoms with van der Waals surface area (Å²) < 4.78 is 23.3. The highest BCUT2D eigenvalue weighted by atomic mass is 32.2. The molecule has 0 amide bonds. The van der Waals surface area contributed by atoms with Crippen molar-refractivity contribution < 1.29 is 8.42 Å². The lowest BCUT2D eigenvalue weighted by molar-refractivity contribution is 0.229. The topological polar surface area (TPSA) is 95.7 Å². The van der Waals surface area contributed by atoms with Crippen molar-refractivity contribution >= 4 is 21.5 Å². The van der Waals surface area contributed by atoms with Crippen molar-refractivity contribution in [1.82, 2.24) is 19.8 Å². The maximum atomic E-state index is 11.6. The van der Waals surface area contributed by atoms with E-state index in [0.717, 1.165) is 44.8 Å². The van der Waals surface area contributed by atoms with Crippen LogP contribution in [0.15, 0.2) is 35.4 Å². The fourth-order valence-corrected chi connectivity index (χ4v) is 3.79. The summed E-state index contributed by atoms with van der Waals surface area (Å²) >= 11 is 0. The molecule has 1 aromatic carbocycles. The Labute approximate surface area is 166 Å². The molecule has 3 rings (SSSR count). The van der Waals surface area contributed by atoms with Gasteiger partial charge in [0.25, 0.3) is 0 Å². The van der Waals surface area contributed by atoms with Crippen LogP contribution in [0.5, 0.6) is 0 Å². The van der Waals surface area contributed by atoms with Gasteiger partial charge >= 0.3 is 0 Å². The molecule has 2 heterocycles. The maximum Gasteiger partial charge on any atom is 0.175 e. The molecule has 1 aliphatic rings. The Bertz CT molecular complexity index is 907. The Kier molecular flexibility index (Phi) is 6.17. The highest BCUT2D eigenvalue weighted by Gasteiger charge is 2.21. The van der Waals surface area contributed by atoms with Crippen LogP contribution in [-0.2, 0) is 9.84 Å². The molecule has 0 spiro atoms. The molecule has 0 bridgehead atoms. The number of benzene rings is 1. The molecule has 152 valence electrons. The smallest absolute Gasteiger partial charge is 0.175 e. The molecule has 1 fully saturated rings.